The number of benzene rings is 3. The van der Waals surface area contributed by atoms with E-state index in [0.29, 0.717) is 0 Å². The van der Waals surface area contributed by atoms with Crippen LogP contribution >= 0.6 is 0 Å². The summed E-state index contributed by atoms with van der Waals surface area (Å²) in [5.41, 5.74) is 1.85. The highest BCUT2D eigenvalue weighted by Gasteiger charge is 2.24. The van der Waals surface area contributed by atoms with E-state index in [1.165, 1.54) is 13.1 Å². The first-order valence-corrected chi connectivity index (χ1v) is 9.67. The first-order chi connectivity index (χ1) is 15.0. The molecule has 0 saturated heterocycles. The number of carbonyl (C=O) groups is 2. The highest BCUT2D eigenvalue weighted by Crippen LogP contribution is 2.25. The fourth-order valence-electron chi connectivity index (χ4n) is 3.14. The molecule has 2 N–H and O–H groups in total. The third kappa shape index (κ3) is 5.73. The summed E-state index contributed by atoms with van der Waals surface area (Å²) in [6.07, 6.45) is -0.491. The van der Waals surface area contributed by atoms with E-state index in [1.54, 1.807) is 0 Å². The monoisotopic (exact) mass is 424 g/mol. The van der Waals surface area contributed by atoms with Gasteiger partial charge in [0.2, 0.25) is 11.8 Å². The number of hydrogen-bond donors (Lipinski definition) is 2. The minimum atomic E-state index is -1.19. The van der Waals surface area contributed by atoms with E-state index in [0.717, 1.165) is 23.3 Å². The Kier molecular flexibility index (Phi) is 7.45. The van der Waals surface area contributed by atoms with Gasteiger partial charge in [-0.05, 0) is 28.8 Å². The van der Waals surface area contributed by atoms with E-state index < -0.39 is 35.6 Å². The maximum atomic E-state index is 13.6. The minimum Gasteiger partial charge on any atom is -0.359 e. The molecule has 3 rings (SSSR count). The van der Waals surface area contributed by atoms with Gasteiger partial charge in [0.15, 0.2) is 11.6 Å². The van der Waals surface area contributed by atoms with Crippen LogP contribution in [-0.2, 0) is 14.3 Å². The summed E-state index contributed by atoms with van der Waals surface area (Å²) >= 11 is 0. The summed E-state index contributed by atoms with van der Waals surface area (Å²) in [5.74, 6) is -3.29. The zero-order valence-corrected chi connectivity index (χ0v) is 16.8. The number of carbonyl (C=O) groups excluding carboxylic acids is 2. The van der Waals surface area contributed by atoms with Crippen LogP contribution in [-0.4, -0.2) is 25.5 Å². The van der Waals surface area contributed by atoms with E-state index in [1.807, 2.05) is 60.7 Å². The Labute approximate surface area is 179 Å². The lowest BCUT2D eigenvalue weighted by Crippen LogP contribution is -2.40. The van der Waals surface area contributed by atoms with Crippen molar-refractivity contribution in [3.05, 3.63) is 107 Å². The van der Waals surface area contributed by atoms with Crippen molar-refractivity contribution in [2.75, 3.05) is 13.7 Å². The zero-order chi connectivity index (χ0) is 22.2. The molecule has 0 spiro atoms. The largest absolute Gasteiger partial charge is 0.359 e. The van der Waals surface area contributed by atoms with Gasteiger partial charge in [-0.3, -0.25) is 9.59 Å². The molecule has 5 nitrogen and oxygen atoms in total. The van der Waals surface area contributed by atoms with Crippen molar-refractivity contribution in [1.82, 2.24) is 10.6 Å². The molecule has 3 aromatic rings. The number of nitrogens with one attached hydrogen (secondary N) is 2. The van der Waals surface area contributed by atoms with Crippen molar-refractivity contribution >= 4 is 11.8 Å². The van der Waals surface area contributed by atoms with Crippen LogP contribution in [0, 0.1) is 11.6 Å². The molecular weight excluding hydrogens is 402 g/mol. The molecule has 31 heavy (non-hydrogen) atoms. The quantitative estimate of drug-likeness (QED) is 0.580. The van der Waals surface area contributed by atoms with E-state index in [2.05, 4.69) is 10.6 Å². The Balaban J connectivity index is 1.75. The molecule has 0 aliphatic rings. The molecule has 0 heterocycles. The molecule has 0 bridgehead atoms. The maximum absolute atomic E-state index is 13.6. The average Bonchev–Trinajstić information content (AvgIpc) is 2.80. The van der Waals surface area contributed by atoms with Crippen LogP contribution < -0.4 is 10.6 Å². The van der Waals surface area contributed by atoms with Crippen LogP contribution in [0.15, 0.2) is 78.9 Å². The van der Waals surface area contributed by atoms with Crippen molar-refractivity contribution < 1.29 is 23.1 Å². The van der Waals surface area contributed by atoms with Crippen LogP contribution in [0.5, 0.6) is 0 Å². The van der Waals surface area contributed by atoms with Crippen molar-refractivity contribution in [2.45, 2.75) is 12.1 Å². The lowest BCUT2D eigenvalue weighted by molar-refractivity contribution is -0.132. The standard InChI is InChI=1S/C24H22F2N2O3/c1-27-24(30)22(18-12-13-19(25)20(26)14-18)28-21(29)15-31-23(16-8-4-2-5-9-16)17-10-6-3-7-11-17/h2-14,22-23H,15H2,1H3,(H,27,30)(H,28,29). The van der Waals surface area contributed by atoms with Gasteiger partial charge in [-0.1, -0.05) is 66.7 Å². The van der Waals surface area contributed by atoms with Gasteiger partial charge >= 0.3 is 0 Å². The molecular formula is C24H22F2N2O3. The molecule has 7 heteroatoms. The van der Waals surface area contributed by atoms with Crippen LogP contribution in [0.4, 0.5) is 8.78 Å². The Morgan fingerprint density at radius 2 is 1.42 bits per heavy atom. The molecule has 1 unspecified atom stereocenters. The van der Waals surface area contributed by atoms with Crippen molar-refractivity contribution in [3.63, 3.8) is 0 Å². The molecule has 0 aliphatic carbocycles. The van der Waals surface area contributed by atoms with Gasteiger partial charge in [0.1, 0.15) is 18.8 Å². The second-order valence-electron chi connectivity index (χ2n) is 6.80. The molecule has 0 saturated carbocycles. The van der Waals surface area contributed by atoms with Gasteiger partial charge in [-0.25, -0.2) is 8.78 Å². The third-order valence-corrected chi connectivity index (χ3v) is 4.68. The third-order valence-electron chi connectivity index (χ3n) is 4.68. The normalized spacial score (nSPS) is 11.7. The summed E-state index contributed by atoms with van der Waals surface area (Å²) in [4.78, 5) is 24.8. The fourth-order valence-corrected chi connectivity index (χ4v) is 3.14. The number of rotatable bonds is 8. The molecule has 0 aromatic heterocycles. The Morgan fingerprint density at radius 1 is 0.839 bits per heavy atom. The van der Waals surface area contributed by atoms with Gasteiger partial charge < -0.3 is 15.4 Å². The second kappa shape index (κ2) is 10.4. The summed E-state index contributed by atoms with van der Waals surface area (Å²) < 4.78 is 32.8. The van der Waals surface area contributed by atoms with Crippen LogP contribution in [0.2, 0.25) is 0 Å². The maximum Gasteiger partial charge on any atom is 0.246 e. The SMILES string of the molecule is CNC(=O)C(NC(=O)COC(c1ccccc1)c1ccccc1)c1ccc(F)c(F)c1. The molecule has 0 aliphatic heterocycles. The minimum absolute atomic E-state index is 0.120. The number of hydrogen-bond acceptors (Lipinski definition) is 3. The highest BCUT2D eigenvalue weighted by molar-refractivity contribution is 5.88. The topological polar surface area (TPSA) is 67.4 Å². The summed E-state index contributed by atoms with van der Waals surface area (Å²) in [5, 5.41) is 4.93. The predicted octanol–water partition coefficient (Wildman–Crippen LogP) is 3.67. The molecule has 0 radical (unpaired) electrons. The predicted molar refractivity (Wildman–Crippen MR) is 112 cm³/mol. The molecule has 1 atom stereocenters. The van der Waals surface area contributed by atoms with Gasteiger partial charge in [0.25, 0.3) is 0 Å². The molecule has 160 valence electrons. The fraction of sp³-hybridized carbons (Fsp3) is 0.167. The molecule has 2 amide bonds. The number of likely N-dealkylation sites (N-methyl/N-ethyl adjacent to an activating group) is 1. The molecule has 0 fully saturated rings. The van der Waals surface area contributed by atoms with Crippen molar-refractivity contribution in [1.29, 1.82) is 0 Å². The van der Waals surface area contributed by atoms with Crippen LogP contribution in [0.1, 0.15) is 28.8 Å². The highest BCUT2D eigenvalue weighted by atomic mass is 19.2. The van der Waals surface area contributed by atoms with E-state index in [9.17, 15) is 18.4 Å². The van der Waals surface area contributed by atoms with E-state index >= 15 is 0 Å². The Bertz CT molecular complexity index is 990. The van der Waals surface area contributed by atoms with E-state index in [-0.39, 0.29) is 12.2 Å². The van der Waals surface area contributed by atoms with E-state index in [4.69, 9.17) is 4.74 Å². The van der Waals surface area contributed by atoms with Crippen molar-refractivity contribution in [3.8, 4) is 0 Å². The van der Waals surface area contributed by atoms with Crippen LogP contribution in [0.25, 0.3) is 0 Å². The first kappa shape index (κ1) is 22.1. The average molecular weight is 424 g/mol. The Morgan fingerprint density at radius 3 is 1.94 bits per heavy atom. The summed E-state index contributed by atoms with van der Waals surface area (Å²) in [7, 11) is 1.39. The first-order valence-electron chi connectivity index (χ1n) is 9.67. The van der Waals surface area contributed by atoms with Gasteiger partial charge in [0, 0.05) is 7.05 Å². The number of amides is 2. The lowest BCUT2D eigenvalue weighted by Gasteiger charge is -2.21. The number of ether oxygens (including phenoxy) is 1. The summed E-state index contributed by atoms with van der Waals surface area (Å²) in [6, 6.07) is 20.7. The van der Waals surface area contributed by atoms with Gasteiger partial charge in [-0.2, -0.15) is 0 Å². The summed E-state index contributed by atoms with van der Waals surface area (Å²) in [6.45, 7) is -0.342. The zero-order valence-electron chi connectivity index (χ0n) is 16.8. The van der Waals surface area contributed by atoms with Gasteiger partial charge in [-0.15, -0.1) is 0 Å². The smallest absolute Gasteiger partial charge is 0.246 e. The number of halogens is 2. The van der Waals surface area contributed by atoms with Crippen molar-refractivity contribution in [2.24, 2.45) is 0 Å². The van der Waals surface area contributed by atoms with Gasteiger partial charge in [0.05, 0.1) is 0 Å². The van der Waals surface area contributed by atoms with Crippen LogP contribution in [0.3, 0.4) is 0 Å². The second-order valence-corrected chi connectivity index (χ2v) is 6.80. The molecule has 3 aromatic carbocycles. The Hall–Kier alpha value is -3.58. The lowest BCUT2D eigenvalue weighted by atomic mass is 10.0.